The smallest absolute Gasteiger partial charge is 0.0357 e. The van der Waals surface area contributed by atoms with Crippen molar-refractivity contribution in [1.82, 2.24) is 5.43 Å². The SMILES string of the molecule is NNC(C1CCCC1)C1CCCS1. The maximum Gasteiger partial charge on any atom is 0.0357 e. The van der Waals surface area contributed by atoms with E-state index in [1.807, 2.05) is 0 Å². The lowest BCUT2D eigenvalue weighted by atomic mass is 9.94. The molecule has 2 fully saturated rings. The zero-order chi connectivity index (χ0) is 9.10. The molecule has 76 valence electrons. The van der Waals surface area contributed by atoms with Crippen molar-refractivity contribution in [2.45, 2.75) is 49.8 Å². The molecule has 13 heavy (non-hydrogen) atoms. The van der Waals surface area contributed by atoms with Crippen LogP contribution in [-0.2, 0) is 0 Å². The first-order valence-corrected chi connectivity index (χ1v) is 6.54. The third kappa shape index (κ3) is 2.20. The predicted octanol–water partition coefficient (Wildman–Crippen LogP) is 1.90. The second-order valence-corrected chi connectivity index (χ2v) is 5.64. The summed E-state index contributed by atoms with van der Waals surface area (Å²) >= 11 is 2.12. The van der Waals surface area contributed by atoms with E-state index in [4.69, 9.17) is 5.84 Å². The van der Waals surface area contributed by atoms with E-state index >= 15 is 0 Å². The maximum atomic E-state index is 5.67. The number of hydrazine groups is 1. The number of hydrogen-bond donors (Lipinski definition) is 2. The maximum absolute atomic E-state index is 5.67. The van der Waals surface area contributed by atoms with Gasteiger partial charge in [-0.3, -0.25) is 11.3 Å². The van der Waals surface area contributed by atoms with Crippen molar-refractivity contribution < 1.29 is 0 Å². The standard InChI is InChI=1S/C10H20N2S/c11-12-10(8-4-1-2-5-8)9-6-3-7-13-9/h8-10,12H,1-7,11H2. The van der Waals surface area contributed by atoms with E-state index in [1.165, 1.54) is 44.3 Å². The Morgan fingerprint density at radius 2 is 1.92 bits per heavy atom. The minimum absolute atomic E-state index is 0.593. The molecule has 0 aromatic rings. The van der Waals surface area contributed by atoms with Crippen LogP contribution in [0.5, 0.6) is 0 Å². The molecule has 1 aliphatic heterocycles. The summed E-state index contributed by atoms with van der Waals surface area (Å²) in [5.74, 6) is 7.87. The highest BCUT2D eigenvalue weighted by Gasteiger charge is 2.32. The summed E-state index contributed by atoms with van der Waals surface area (Å²) in [6.45, 7) is 0. The van der Waals surface area contributed by atoms with Crippen molar-refractivity contribution in [2.24, 2.45) is 11.8 Å². The Balaban J connectivity index is 1.90. The topological polar surface area (TPSA) is 38.0 Å². The van der Waals surface area contributed by atoms with Crippen molar-refractivity contribution in [3.8, 4) is 0 Å². The quantitative estimate of drug-likeness (QED) is 0.540. The molecular weight excluding hydrogens is 180 g/mol. The van der Waals surface area contributed by atoms with Gasteiger partial charge in [0.2, 0.25) is 0 Å². The third-order valence-electron chi connectivity index (χ3n) is 3.47. The van der Waals surface area contributed by atoms with Crippen molar-refractivity contribution in [1.29, 1.82) is 0 Å². The van der Waals surface area contributed by atoms with Crippen LogP contribution in [0.3, 0.4) is 0 Å². The predicted molar refractivity (Wildman–Crippen MR) is 58.5 cm³/mol. The summed E-state index contributed by atoms with van der Waals surface area (Å²) in [4.78, 5) is 0. The normalized spacial score (nSPS) is 32.5. The molecule has 0 amide bonds. The lowest BCUT2D eigenvalue weighted by Crippen LogP contribution is -2.46. The van der Waals surface area contributed by atoms with Crippen LogP contribution in [0.1, 0.15) is 38.5 Å². The number of hydrogen-bond acceptors (Lipinski definition) is 3. The third-order valence-corrected chi connectivity index (χ3v) is 4.95. The van der Waals surface area contributed by atoms with E-state index in [9.17, 15) is 0 Å². The van der Waals surface area contributed by atoms with E-state index < -0.39 is 0 Å². The van der Waals surface area contributed by atoms with Gasteiger partial charge in [0.1, 0.15) is 0 Å². The van der Waals surface area contributed by atoms with Gasteiger partial charge >= 0.3 is 0 Å². The van der Waals surface area contributed by atoms with E-state index in [0.29, 0.717) is 6.04 Å². The Bertz CT molecular complexity index is 135. The zero-order valence-corrected chi connectivity index (χ0v) is 8.98. The van der Waals surface area contributed by atoms with Gasteiger partial charge < -0.3 is 0 Å². The first kappa shape index (κ1) is 9.81. The first-order chi connectivity index (χ1) is 6.42. The molecule has 0 radical (unpaired) electrons. The number of thioether (sulfide) groups is 1. The lowest BCUT2D eigenvalue weighted by Gasteiger charge is -2.27. The molecule has 2 unspecified atom stereocenters. The minimum atomic E-state index is 0.593. The molecule has 0 bridgehead atoms. The van der Waals surface area contributed by atoms with E-state index in [-0.39, 0.29) is 0 Å². The molecule has 2 nitrogen and oxygen atoms in total. The molecule has 0 aromatic carbocycles. The van der Waals surface area contributed by atoms with Crippen molar-refractivity contribution >= 4 is 11.8 Å². The van der Waals surface area contributed by atoms with Gasteiger partial charge in [-0.1, -0.05) is 12.8 Å². The summed E-state index contributed by atoms with van der Waals surface area (Å²) in [5.41, 5.74) is 3.07. The Kier molecular flexibility index (Phi) is 3.52. The average Bonchev–Trinajstić information content (AvgIpc) is 2.76. The summed E-state index contributed by atoms with van der Waals surface area (Å²) in [6, 6.07) is 0.593. The van der Waals surface area contributed by atoms with Crippen LogP contribution in [0.25, 0.3) is 0 Å². The molecule has 0 spiro atoms. The summed E-state index contributed by atoms with van der Waals surface area (Å²) in [7, 11) is 0. The molecule has 3 N–H and O–H groups in total. The Labute approximate surface area is 85.0 Å². The van der Waals surface area contributed by atoms with Gasteiger partial charge in [-0.05, 0) is 37.4 Å². The Morgan fingerprint density at radius 3 is 2.46 bits per heavy atom. The molecule has 1 aliphatic carbocycles. The fourth-order valence-corrected chi connectivity index (χ4v) is 4.23. The number of nitrogens with one attached hydrogen (secondary N) is 1. The molecule has 2 rings (SSSR count). The van der Waals surface area contributed by atoms with Crippen LogP contribution in [-0.4, -0.2) is 17.0 Å². The summed E-state index contributed by atoms with van der Waals surface area (Å²) in [6.07, 6.45) is 8.38. The van der Waals surface area contributed by atoms with Crippen LogP contribution in [0.15, 0.2) is 0 Å². The summed E-state index contributed by atoms with van der Waals surface area (Å²) in [5, 5.41) is 0.799. The molecular formula is C10H20N2S. The van der Waals surface area contributed by atoms with Crippen LogP contribution in [0.4, 0.5) is 0 Å². The number of nitrogens with two attached hydrogens (primary N) is 1. The van der Waals surface area contributed by atoms with Crippen LogP contribution in [0.2, 0.25) is 0 Å². The molecule has 1 saturated heterocycles. The van der Waals surface area contributed by atoms with Crippen molar-refractivity contribution in [3.63, 3.8) is 0 Å². The zero-order valence-electron chi connectivity index (χ0n) is 8.17. The number of rotatable bonds is 3. The second kappa shape index (κ2) is 4.67. The van der Waals surface area contributed by atoms with E-state index in [0.717, 1.165) is 11.2 Å². The fraction of sp³-hybridized carbons (Fsp3) is 1.00. The minimum Gasteiger partial charge on any atom is -0.271 e. The first-order valence-electron chi connectivity index (χ1n) is 5.49. The van der Waals surface area contributed by atoms with Gasteiger partial charge in [0.15, 0.2) is 0 Å². The Morgan fingerprint density at radius 1 is 1.15 bits per heavy atom. The highest BCUT2D eigenvalue weighted by molar-refractivity contribution is 8.00. The summed E-state index contributed by atoms with van der Waals surface area (Å²) < 4.78 is 0. The second-order valence-electron chi connectivity index (χ2n) is 4.29. The van der Waals surface area contributed by atoms with Crippen molar-refractivity contribution in [2.75, 3.05) is 5.75 Å². The van der Waals surface area contributed by atoms with Crippen molar-refractivity contribution in [3.05, 3.63) is 0 Å². The fourth-order valence-electron chi connectivity index (χ4n) is 2.75. The van der Waals surface area contributed by atoms with Crippen LogP contribution < -0.4 is 11.3 Å². The van der Waals surface area contributed by atoms with Gasteiger partial charge in [-0.15, -0.1) is 0 Å². The molecule has 3 heteroatoms. The van der Waals surface area contributed by atoms with Gasteiger partial charge in [0, 0.05) is 11.3 Å². The Hall–Kier alpha value is 0.270. The van der Waals surface area contributed by atoms with Crippen LogP contribution in [0, 0.1) is 5.92 Å². The van der Waals surface area contributed by atoms with Crippen LogP contribution >= 0.6 is 11.8 Å². The highest BCUT2D eigenvalue weighted by Crippen LogP contribution is 2.36. The van der Waals surface area contributed by atoms with Gasteiger partial charge in [-0.25, -0.2) is 0 Å². The molecule has 0 aromatic heterocycles. The van der Waals surface area contributed by atoms with E-state index in [2.05, 4.69) is 17.2 Å². The van der Waals surface area contributed by atoms with Gasteiger partial charge in [0.05, 0.1) is 0 Å². The average molecular weight is 200 g/mol. The lowest BCUT2D eigenvalue weighted by molar-refractivity contribution is 0.350. The molecule has 2 aliphatic rings. The van der Waals surface area contributed by atoms with E-state index in [1.54, 1.807) is 0 Å². The largest absolute Gasteiger partial charge is 0.271 e. The van der Waals surface area contributed by atoms with Gasteiger partial charge in [0.25, 0.3) is 0 Å². The molecule has 1 heterocycles. The molecule has 1 saturated carbocycles. The molecule has 2 atom stereocenters. The van der Waals surface area contributed by atoms with Gasteiger partial charge in [-0.2, -0.15) is 11.8 Å². The monoisotopic (exact) mass is 200 g/mol. The highest BCUT2D eigenvalue weighted by atomic mass is 32.2.